The van der Waals surface area contributed by atoms with Gasteiger partial charge in [-0.3, -0.25) is 0 Å². The predicted octanol–water partition coefficient (Wildman–Crippen LogP) is 4.66. The zero-order chi connectivity index (χ0) is 15.8. The van der Waals surface area contributed by atoms with Gasteiger partial charge in [0.05, 0.1) is 6.54 Å². The predicted molar refractivity (Wildman–Crippen MR) is 99.3 cm³/mol. The number of nitrogens with zero attached hydrogens (tertiary/aromatic N) is 1. The Balaban J connectivity index is 1.42. The van der Waals surface area contributed by atoms with Gasteiger partial charge in [0, 0.05) is 27.1 Å². The Hall–Kier alpha value is -0.620. The van der Waals surface area contributed by atoms with E-state index in [-0.39, 0.29) is 0 Å². The van der Waals surface area contributed by atoms with Crippen molar-refractivity contribution in [2.24, 2.45) is 5.92 Å². The molecule has 4 heterocycles. The molecule has 0 amide bonds. The van der Waals surface area contributed by atoms with Gasteiger partial charge in [0.1, 0.15) is 11.5 Å². The molecule has 3 nitrogen and oxygen atoms in total. The van der Waals surface area contributed by atoms with Gasteiger partial charge < -0.3 is 14.6 Å². The van der Waals surface area contributed by atoms with Gasteiger partial charge in [-0.25, -0.2) is 0 Å². The third kappa shape index (κ3) is 3.43. The van der Waals surface area contributed by atoms with Crippen molar-refractivity contribution in [3.8, 4) is 11.3 Å². The molecule has 0 aliphatic carbocycles. The lowest BCUT2D eigenvalue weighted by atomic mass is 9.84. The first-order valence-electron chi connectivity index (χ1n) is 8.19. The molecule has 1 N–H and O–H groups in total. The summed E-state index contributed by atoms with van der Waals surface area (Å²) in [4.78, 5) is 2.57. The molecule has 1 unspecified atom stereocenters. The first-order valence-corrected chi connectivity index (χ1v) is 9.77. The number of benzene rings is 1. The molecule has 0 saturated carbocycles. The SMILES string of the molecule is Brc1ccc(-c2ccc(CNC3CN4CCC3CC4)o2)c(Br)c1. The largest absolute Gasteiger partial charge is 0.460 e. The second-order valence-electron chi connectivity index (χ2n) is 6.52. The number of rotatable bonds is 4. The number of halogens is 2. The molecule has 1 aromatic carbocycles. The highest BCUT2D eigenvalue weighted by atomic mass is 79.9. The van der Waals surface area contributed by atoms with Gasteiger partial charge in [0.25, 0.3) is 0 Å². The van der Waals surface area contributed by atoms with Crippen molar-refractivity contribution in [1.82, 2.24) is 10.2 Å². The molecule has 3 fully saturated rings. The molecule has 1 aromatic heterocycles. The molecular formula is C18H20Br2N2O. The van der Waals surface area contributed by atoms with Crippen LogP contribution in [0.3, 0.4) is 0 Å². The fraction of sp³-hybridized carbons (Fsp3) is 0.444. The van der Waals surface area contributed by atoms with E-state index in [2.05, 4.69) is 60.3 Å². The second kappa shape index (κ2) is 6.71. The van der Waals surface area contributed by atoms with Gasteiger partial charge in [-0.05, 0) is 78.1 Å². The monoisotopic (exact) mass is 438 g/mol. The van der Waals surface area contributed by atoms with Gasteiger partial charge >= 0.3 is 0 Å². The highest BCUT2D eigenvalue weighted by Gasteiger charge is 2.33. The summed E-state index contributed by atoms with van der Waals surface area (Å²) in [6.45, 7) is 4.57. The number of fused-ring (bicyclic) bond motifs is 3. The molecule has 1 atom stereocenters. The van der Waals surface area contributed by atoms with Crippen LogP contribution >= 0.6 is 31.9 Å². The quantitative estimate of drug-likeness (QED) is 0.751. The van der Waals surface area contributed by atoms with E-state index < -0.39 is 0 Å². The van der Waals surface area contributed by atoms with E-state index in [9.17, 15) is 0 Å². The van der Waals surface area contributed by atoms with Gasteiger partial charge in [0.15, 0.2) is 0 Å². The van der Waals surface area contributed by atoms with Crippen LogP contribution in [-0.2, 0) is 6.54 Å². The minimum Gasteiger partial charge on any atom is -0.460 e. The van der Waals surface area contributed by atoms with Crippen molar-refractivity contribution in [3.05, 3.63) is 45.0 Å². The first kappa shape index (κ1) is 15.9. The van der Waals surface area contributed by atoms with Crippen molar-refractivity contribution in [3.63, 3.8) is 0 Å². The molecule has 2 aromatic rings. The van der Waals surface area contributed by atoms with Gasteiger partial charge in [-0.2, -0.15) is 0 Å². The number of furan rings is 1. The van der Waals surface area contributed by atoms with Gasteiger partial charge in [-0.1, -0.05) is 15.9 Å². The maximum absolute atomic E-state index is 6.04. The third-order valence-electron chi connectivity index (χ3n) is 5.05. The second-order valence-corrected chi connectivity index (χ2v) is 8.29. The number of nitrogens with one attached hydrogen (secondary N) is 1. The number of hydrogen-bond donors (Lipinski definition) is 1. The summed E-state index contributed by atoms with van der Waals surface area (Å²) < 4.78 is 8.14. The maximum Gasteiger partial charge on any atom is 0.135 e. The molecule has 5 rings (SSSR count). The van der Waals surface area contributed by atoms with Crippen LogP contribution in [0.15, 0.2) is 43.7 Å². The van der Waals surface area contributed by atoms with E-state index >= 15 is 0 Å². The van der Waals surface area contributed by atoms with Crippen molar-refractivity contribution in [1.29, 1.82) is 0 Å². The normalized spacial score (nSPS) is 26.6. The smallest absolute Gasteiger partial charge is 0.135 e. The van der Waals surface area contributed by atoms with Crippen LogP contribution in [-0.4, -0.2) is 30.6 Å². The number of hydrogen-bond acceptors (Lipinski definition) is 3. The summed E-state index contributed by atoms with van der Waals surface area (Å²) in [6, 6.07) is 10.9. The Morgan fingerprint density at radius 2 is 1.96 bits per heavy atom. The summed E-state index contributed by atoms with van der Waals surface area (Å²) >= 11 is 7.09. The zero-order valence-electron chi connectivity index (χ0n) is 12.9. The van der Waals surface area contributed by atoms with E-state index in [1.165, 1.54) is 32.5 Å². The summed E-state index contributed by atoms with van der Waals surface area (Å²) in [5, 5.41) is 3.70. The highest BCUT2D eigenvalue weighted by molar-refractivity contribution is 9.11. The van der Waals surface area contributed by atoms with Crippen LogP contribution in [0.5, 0.6) is 0 Å². The average molecular weight is 440 g/mol. The topological polar surface area (TPSA) is 28.4 Å². The van der Waals surface area contributed by atoms with Crippen LogP contribution in [0.1, 0.15) is 18.6 Å². The van der Waals surface area contributed by atoms with Crippen LogP contribution < -0.4 is 5.32 Å². The Morgan fingerprint density at radius 3 is 2.65 bits per heavy atom. The Bertz CT molecular complexity index is 692. The van der Waals surface area contributed by atoms with Gasteiger partial charge in [0.2, 0.25) is 0 Å². The van der Waals surface area contributed by atoms with Crippen LogP contribution in [0, 0.1) is 5.92 Å². The minimum atomic E-state index is 0.616. The summed E-state index contributed by atoms with van der Waals surface area (Å²) in [7, 11) is 0. The van der Waals surface area contributed by atoms with E-state index in [1.54, 1.807) is 0 Å². The van der Waals surface area contributed by atoms with Crippen molar-refractivity contribution < 1.29 is 4.42 Å². The van der Waals surface area contributed by atoms with Crippen molar-refractivity contribution in [2.45, 2.75) is 25.4 Å². The summed E-state index contributed by atoms with van der Waals surface area (Å²) in [5.74, 6) is 2.76. The van der Waals surface area contributed by atoms with E-state index in [0.29, 0.717) is 6.04 Å². The highest BCUT2D eigenvalue weighted by Crippen LogP contribution is 2.32. The Kier molecular flexibility index (Phi) is 4.63. The van der Waals surface area contributed by atoms with Gasteiger partial charge in [-0.15, -0.1) is 0 Å². The van der Waals surface area contributed by atoms with Crippen LogP contribution in [0.2, 0.25) is 0 Å². The Morgan fingerprint density at radius 1 is 1.13 bits per heavy atom. The summed E-state index contributed by atoms with van der Waals surface area (Å²) in [6.07, 6.45) is 2.68. The van der Waals surface area contributed by atoms with E-state index in [0.717, 1.165) is 38.5 Å². The molecule has 3 aliphatic rings. The molecule has 0 radical (unpaired) electrons. The molecular weight excluding hydrogens is 420 g/mol. The molecule has 0 spiro atoms. The lowest BCUT2D eigenvalue weighted by Gasteiger charge is -2.45. The lowest BCUT2D eigenvalue weighted by molar-refractivity contribution is 0.0711. The molecule has 23 heavy (non-hydrogen) atoms. The summed E-state index contributed by atoms with van der Waals surface area (Å²) in [5.41, 5.74) is 1.09. The van der Waals surface area contributed by atoms with Crippen molar-refractivity contribution >= 4 is 31.9 Å². The first-order chi connectivity index (χ1) is 11.2. The van der Waals surface area contributed by atoms with Crippen LogP contribution in [0.25, 0.3) is 11.3 Å². The lowest BCUT2D eigenvalue weighted by Crippen LogP contribution is -2.55. The fourth-order valence-corrected chi connectivity index (χ4v) is 4.98. The molecule has 5 heteroatoms. The zero-order valence-corrected chi connectivity index (χ0v) is 16.1. The van der Waals surface area contributed by atoms with Crippen molar-refractivity contribution in [2.75, 3.05) is 19.6 Å². The molecule has 2 bridgehead atoms. The standard InChI is InChI=1S/C18H20Br2N2O/c19-13-1-3-15(16(20)9-13)18-4-2-14(23-18)10-21-17-11-22-7-5-12(17)6-8-22/h1-4,9,12,17,21H,5-8,10-11H2. The van der Waals surface area contributed by atoms with Crippen LogP contribution in [0.4, 0.5) is 0 Å². The maximum atomic E-state index is 6.04. The third-order valence-corrected chi connectivity index (χ3v) is 6.20. The average Bonchev–Trinajstić information content (AvgIpc) is 3.03. The van der Waals surface area contributed by atoms with E-state index in [1.807, 2.05) is 12.1 Å². The minimum absolute atomic E-state index is 0.616. The van der Waals surface area contributed by atoms with E-state index in [4.69, 9.17) is 4.42 Å². The molecule has 3 saturated heterocycles. The molecule has 3 aliphatic heterocycles. The number of piperidine rings is 3. The Labute approximate surface area is 153 Å². The molecule has 122 valence electrons. The fourth-order valence-electron chi connectivity index (χ4n) is 3.74.